The van der Waals surface area contributed by atoms with Gasteiger partial charge in [0.05, 0.1) is 6.10 Å². The Morgan fingerprint density at radius 1 is 1.82 bits per heavy atom. The summed E-state index contributed by atoms with van der Waals surface area (Å²) >= 11 is 0. The van der Waals surface area contributed by atoms with E-state index >= 15 is 0 Å². The van der Waals surface area contributed by atoms with E-state index in [9.17, 15) is 4.79 Å². The summed E-state index contributed by atoms with van der Waals surface area (Å²) in [4.78, 5) is 10.9. The Morgan fingerprint density at radius 3 is 2.73 bits per heavy atom. The van der Waals surface area contributed by atoms with Gasteiger partial charge in [-0.1, -0.05) is 13.0 Å². The molecule has 0 saturated carbocycles. The van der Waals surface area contributed by atoms with Crippen molar-refractivity contribution in [3.8, 4) is 0 Å². The van der Waals surface area contributed by atoms with Crippen LogP contribution in [-0.2, 0) is 9.53 Å². The van der Waals surface area contributed by atoms with Gasteiger partial charge in [0.25, 0.3) is 0 Å². The first kappa shape index (κ1) is 10.2. The predicted octanol–water partition coefficient (Wildman–Crippen LogP) is 0.841. The number of ether oxygens (including phenoxy) is 1. The quantitative estimate of drug-likeness (QED) is 0.486. The molecule has 64 valence electrons. The molecule has 2 atom stereocenters. The largest absolute Gasteiger partial charge is 0.461 e. The molecular formula is C8H15NO2. The van der Waals surface area contributed by atoms with Gasteiger partial charge >= 0.3 is 5.97 Å². The highest BCUT2D eigenvalue weighted by atomic mass is 16.5. The van der Waals surface area contributed by atoms with E-state index in [1.807, 2.05) is 13.8 Å². The molecule has 11 heavy (non-hydrogen) atoms. The predicted molar refractivity (Wildman–Crippen MR) is 44.0 cm³/mol. The lowest BCUT2D eigenvalue weighted by atomic mass is 10.3. The molecule has 0 heterocycles. The topological polar surface area (TPSA) is 52.3 Å². The van der Waals surface area contributed by atoms with Gasteiger partial charge in [-0.05, 0) is 13.3 Å². The van der Waals surface area contributed by atoms with Gasteiger partial charge in [-0.3, -0.25) is 4.79 Å². The minimum Gasteiger partial charge on any atom is -0.461 e. The van der Waals surface area contributed by atoms with Crippen molar-refractivity contribution in [1.82, 2.24) is 0 Å². The smallest absolute Gasteiger partial charge is 0.327 e. The summed E-state index contributed by atoms with van der Waals surface area (Å²) in [7, 11) is 0. The van der Waals surface area contributed by atoms with E-state index in [4.69, 9.17) is 10.5 Å². The van der Waals surface area contributed by atoms with E-state index in [0.29, 0.717) is 0 Å². The van der Waals surface area contributed by atoms with Gasteiger partial charge in [0.15, 0.2) is 0 Å². The highest BCUT2D eigenvalue weighted by Crippen LogP contribution is 1.98. The monoisotopic (exact) mass is 157 g/mol. The second kappa shape index (κ2) is 4.91. The van der Waals surface area contributed by atoms with E-state index in [0.717, 1.165) is 6.42 Å². The lowest BCUT2D eigenvalue weighted by Gasteiger charge is -2.12. The van der Waals surface area contributed by atoms with Crippen molar-refractivity contribution in [2.24, 2.45) is 5.73 Å². The van der Waals surface area contributed by atoms with E-state index < -0.39 is 12.0 Å². The molecule has 0 aliphatic heterocycles. The Balaban J connectivity index is 3.77. The molecule has 2 N–H and O–H groups in total. The van der Waals surface area contributed by atoms with E-state index in [-0.39, 0.29) is 6.10 Å². The van der Waals surface area contributed by atoms with Crippen LogP contribution in [0, 0.1) is 0 Å². The first-order chi connectivity index (χ1) is 5.11. The molecule has 3 heteroatoms. The zero-order valence-corrected chi connectivity index (χ0v) is 7.04. The number of hydrogen-bond acceptors (Lipinski definition) is 3. The maximum absolute atomic E-state index is 10.9. The number of carbonyl (C=O) groups is 1. The van der Waals surface area contributed by atoms with Gasteiger partial charge in [-0.15, -0.1) is 6.58 Å². The Kier molecular flexibility index (Phi) is 4.54. The number of hydrogen-bond donors (Lipinski definition) is 1. The number of esters is 1. The molecule has 3 nitrogen and oxygen atoms in total. The zero-order chi connectivity index (χ0) is 8.85. The van der Waals surface area contributed by atoms with Crippen LogP contribution >= 0.6 is 0 Å². The molecule has 0 unspecified atom stereocenters. The van der Waals surface area contributed by atoms with E-state index in [2.05, 4.69) is 6.58 Å². The Labute approximate surface area is 67.2 Å². The number of rotatable bonds is 4. The van der Waals surface area contributed by atoms with Gasteiger partial charge in [-0.2, -0.15) is 0 Å². The Morgan fingerprint density at radius 2 is 2.36 bits per heavy atom. The maximum Gasteiger partial charge on any atom is 0.327 e. The van der Waals surface area contributed by atoms with Crippen LogP contribution in [0.2, 0.25) is 0 Å². The lowest BCUT2D eigenvalue weighted by molar-refractivity contribution is -0.148. The zero-order valence-electron chi connectivity index (χ0n) is 7.04. The molecule has 0 radical (unpaired) electrons. The highest BCUT2D eigenvalue weighted by Gasteiger charge is 2.12. The van der Waals surface area contributed by atoms with Crippen LogP contribution in [0.15, 0.2) is 12.7 Å². The van der Waals surface area contributed by atoms with Gasteiger partial charge in [0.1, 0.15) is 6.04 Å². The normalized spacial score (nSPS) is 15.2. The van der Waals surface area contributed by atoms with Crippen molar-refractivity contribution >= 4 is 5.97 Å². The fraction of sp³-hybridized carbons (Fsp3) is 0.625. The average Bonchev–Trinajstić information content (AvgIpc) is 2.02. The summed E-state index contributed by atoms with van der Waals surface area (Å²) in [6.45, 7) is 7.16. The van der Waals surface area contributed by atoms with Crippen molar-refractivity contribution in [2.75, 3.05) is 0 Å². The van der Waals surface area contributed by atoms with Gasteiger partial charge in [0.2, 0.25) is 0 Å². The third-order valence-electron chi connectivity index (χ3n) is 1.42. The summed E-state index contributed by atoms with van der Waals surface area (Å²) in [5, 5.41) is 0. The van der Waals surface area contributed by atoms with E-state index in [1.54, 1.807) is 0 Å². The summed E-state index contributed by atoms with van der Waals surface area (Å²) in [5.41, 5.74) is 5.33. The first-order valence-electron chi connectivity index (χ1n) is 3.70. The lowest BCUT2D eigenvalue weighted by Crippen LogP contribution is -2.32. The molecule has 0 aliphatic rings. The second-order valence-electron chi connectivity index (χ2n) is 2.42. The molecule has 0 aliphatic carbocycles. The fourth-order valence-corrected chi connectivity index (χ4v) is 0.456. The van der Waals surface area contributed by atoms with Crippen LogP contribution in [0.25, 0.3) is 0 Å². The molecule has 0 amide bonds. The maximum atomic E-state index is 10.9. The molecule has 0 aromatic rings. The minimum atomic E-state index is -0.691. The van der Waals surface area contributed by atoms with Gasteiger partial charge in [0, 0.05) is 0 Å². The first-order valence-corrected chi connectivity index (χ1v) is 3.70. The van der Waals surface area contributed by atoms with Gasteiger partial charge in [-0.25, -0.2) is 0 Å². The molecular weight excluding hydrogens is 142 g/mol. The van der Waals surface area contributed by atoms with Crippen LogP contribution < -0.4 is 5.73 Å². The average molecular weight is 157 g/mol. The summed E-state index contributed by atoms with van der Waals surface area (Å²) in [6.07, 6.45) is 2.11. The van der Waals surface area contributed by atoms with Crippen LogP contribution in [0.4, 0.5) is 0 Å². The van der Waals surface area contributed by atoms with Gasteiger partial charge < -0.3 is 10.5 Å². The van der Waals surface area contributed by atoms with Crippen molar-refractivity contribution in [3.05, 3.63) is 12.7 Å². The Bertz CT molecular complexity index is 145. The van der Waals surface area contributed by atoms with Crippen molar-refractivity contribution in [1.29, 1.82) is 0 Å². The standard InChI is InChI=1S/C8H15NO2/c1-4-6(3)11-8(10)7(9)5-2/h5-7H,2,4,9H2,1,3H3/t6-,7-/m0/s1. The van der Waals surface area contributed by atoms with Crippen LogP contribution in [0.1, 0.15) is 20.3 Å². The molecule has 0 aromatic carbocycles. The van der Waals surface area contributed by atoms with Crippen molar-refractivity contribution in [3.63, 3.8) is 0 Å². The van der Waals surface area contributed by atoms with Crippen LogP contribution in [0.5, 0.6) is 0 Å². The van der Waals surface area contributed by atoms with Crippen molar-refractivity contribution in [2.45, 2.75) is 32.4 Å². The third-order valence-corrected chi connectivity index (χ3v) is 1.42. The van der Waals surface area contributed by atoms with E-state index in [1.165, 1.54) is 6.08 Å². The van der Waals surface area contributed by atoms with Crippen LogP contribution in [-0.4, -0.2) is 18.1 Å². The second-order valence-corrected chi connectivity index (χ2v) is 2.42. The summed E-state index contributed by atoms with van der Waals surface area (Å²) in [6, 6.07) is -0.691. The fourth-order valence-electron chi connectivity index (χ4n) is 0.456. The molecule has 0 fully saturated rings. The SMILES string of the molecule is C=C[C@H](N)C(=O)O[C@@H](C)CC. The Hall–Kier alpha value is -0.830. The summed E-state index contributed by atoms with van der Waals surface area (Å²) < 4.78 is 4.92. The minimum absolute atomic E-state index is 0.0616. The molecule has 0 bridgehead atoms. The third kappa shape index (κ3) is 3.78. The van der Waals surface area contributed by atoms with Crippen LogP contribution in [0.3, 0.4) is 0 Å². The highest BCUT2D eigenvalue weighted by molar-refractivity contribution is 5.77. The number of carbonyl (C=O) groups excluding carboxylic acids is 1. The summed E-state index contributed by atoms with van der Waals surface area (Å²) in [5.74, 6) is -0.408. The molecule has 0 spiro atoms. The molecule has 0 aromatic heterocycles. The molecule has 0 rings (SSSR count). The molecule has 0 saturated heterocycles. The van der Waals surface area contributed by atoms with Crippen molar-refractivity contribution < 1.29 is 9.53 Å². The number of nitrogens with two attached hydrogens (primary N) is 1.